The van der Waals surface area contributed by atoms with Crippen LogP contribution in [0.3, 0.4) is 0 Å². The molecular weight excluding hydrogens is 328 g/mol. The van der Waals surface area contributed by atoms with Gasteiger partial charge in [0, 0.05) is 31.6 Å². The minimum absolute atomic E-state index is 0.0766. The number of morpholine rings is 1. The molecule has 2 aliphatic heterocycles. The number of piperidine rings is 1. The number of aromatic amines is 1. The monoisotopic (exact) mass is 354 g/mol. The molecule has 1 aromatic heterocycles. The minimum atomic E-state index is -0.179. The lowest BCUT2D eigenvalue weighted by molar-refractivity contribution is -0.0374. The van der Waals surface area contributed by atoms with Crippen molar-refractivity contribution in [3.8, 4) is 0 Å². The quantitative estimate of drug-likeness (QED) is 0.876. The van der Waals surface area contributed by atoms with Gasteiger partial charge in [0.15, 0.2) is 0 Å². The molecule has 2 saturated heterocycles. The Morgan fingerprint density at radius 2 is 2.00 bits per heavy atom. The third kappa shape index (κ3) is 4.20. The summed E-state index contributed by atoms with van der Waals surface area (Å²) in [6.07, 6.45) is 1.88. The second-order valence-corrected chi connectivity index (χ2v) is 7.16. The summed E-state index contributed by atoms with van der Waals surface area (Å²) in [5.41, 5.74) is 2.12. The molecule has 1 aromatic carbocycles. The van der Waals surface area contributed by atoms with Crippen LogP contribution in [0.5, 0.6) is 0 Å². The van der Waals surface area contributed by atoms with E-state index >= 15 is 0 Å². The van der Waals surface area contributed by atoms with Crippen LogP contribution in [0.1, 0.15) is 41.9 Å². The van der Waals surface area contributed by atoms with Gasteiger partial charge in [0.1, 0.15) is 11.9 Å². The van der Waals surface area contributed by atoms with Gasteiger partial charge in [0.05, 0.1) is 12.3 Å². The minimum Gasteiger partial charge on any atom is -0.368 e. The van der Waals surface area contributed by atoms with Crippen molar-refractivity contribution in [3.63, 3.8) is 0 Å². The van der Waals surface area contributed by atoms with Crippen molar-refractivity contribution in [1.82, 2.24) is 20.2 Å². The fraction of sp³-hybridized carbons (Fsp3) is 0.500. The zero-order chi connectivity index (χ0) is 17.8. The van der Waals surface area contributed by atoms with Crippen LogP contribution in [0.4, 0.5) is 0 Å². The fourth-order valence-electron chi connectivity index (χ4n) is 3.83. The summed E-state index contributed by atoms with van der Waals surface area (Å²) < 4.78 is 5.94. The van der Waals surface area contributed by atoms with E-state index in [4.69, 9.17) is 9.72 Å². The van der Waals surface area contributed by atoms with E-state index in [0.29, 0.717) is 18.3 Å². The van der Waals surface area contributed by atoms with Crippen LogP contribution in [-0.4, -0.2) is 47.7 Å². The first-order valence-corrected chi connectivity index (χ1v) is 9.48. The predicted molar refractivity (Wildman–Crippen MR) is 100 cm³/mol. The Labute approximate surface area is 153 Å². The third-order valence-corrected chi connectivity index (χ3v) is 5.24. The normalized spacial score (nSPS) is 22.4. The molecule has 6 heteroatoms. The standard InChI is InChI=1S/C20H26N4O2/c25-19-12-17(16-6-8-21-9-7-16)22-20(23-19)18-14-24(10-11-26-18)13-15-4-2-1-3-5-15/h1-5,12,16,18,21H,6-11,13-14H2,(H,22,23,25)/t18-/m0/s1. The number of ether oxygens (including phenoxy) is 1. The molecule has 1 atom stereocenters. The van der Waals surface area contributed by atoms with E-state index < -0.39 is 0 Å². The summed E-state index contributed by atoms with van der Waals surface area (Å²) in [7, 11) is 0. The molecule has 0 unspecified atom stereocenters. The molecule has 0 spiro atoms. The van der Waals surface area contributed by atoms with Gasteiger partial charge in [0.2, 0.25) is 0 Å². The van der Waals surface area contributed by atoms with Gasteiger partial charge < -0.3 is 15.0 Å². The number of nitrogens with zero attached hydrogens (tertiary/aromatic N) is 2. The van der Waals surface area contributed by atoms with Crippen molar-refractivity contribution in [2.24, 2.45) is 0 Å². The van der Waals surface area contributed by atoms with Crippen LogP contribution >= 0.6 is 0 Å². The number of H-pyrrole nitrogens is 1. The van der Waals surface area contributed by atoms with E-state index in [1.807, 2.05) is 6.07 Å². The number of rotatable bonds is 4. The average Bonchev–Trinajstić information content (AvgIpc) is 2.69. The Balaban J connectivity index is 1.49. The first-order valence-electron chi connectivity index (χ1n) is 9.48. The van der Waals surface area contributed by atoms with Gasteiger partial charge in [-0.3, -0.25) is 9.69 Å². The molecule has 2 aliphatic rings. The molecule has 26 heavy (non-hydrogen) atoms. The zero-order valence-corrected chi connectivity index (χ0v) is 15.0. The largest absolute Gasteiger partial charge is 0.368 e. The summed E-state index contributed by atoms with van der Waals surface area (Å²) in [6, 6.07) is 12.1. The molecule has 0 bridgehead atoms. The van der Waals surface area contributed by atoms with Gasteiger partial charge in [0.25, 0.3) is 5.56 Å². The summed E-state index contributed by atoms with van der Waals surface area (Å²) in [6.45, 7) is 5.15. The Hall–Kier alpha value is -2.02. The first kappa shape index (κ1) is 17.4. The number of hydrogen-bond acceptors (Lipinski definition) is 5. The summed E-state index contributed by atoms with van der Waals surface area (Å²) in [5.74, 6) is 1.03. The maximum atomic E-state index is 12.2. The Kier molecular flexibility index (Phi) is 5.43. The highest BCUT2D eigenvalue weighted by Crippen LogP contribution is 2.25. The highest BCUT2D eigenvalue weighted by molar-refractivity contribution is 5.15. The van der Waals surface area contributed by atoms with Gasteiger partial charge in [-0.15, -0.1) is 0 Å². The Morgan fingerprint density at radius 1 is 1.19 bits per heavy atom. The summed E-state index contributed by atoms with van der Waals surface area (Å²) in [5, 5.41) is 3.36. The molecule has 0 amide bonds. The van der Waals surface area contributed by atoms with Crippen LogP contribution in [0.25, 0.3) is 0 Å². The van der Waals surface area contributed by atoms with Crippen LogP contribution in [0.15, 0.2) is 41.2 Å². The van der Waals surface area contributed by atoms with E-state index in [0.717, 1.165) is 51.3 Å². The number of nitrogens with one attached hydrogen (secondary N) is 2. The SMILES string of the molecule is O=c1cc(C2CCNCC2)nc([C@@H]2CN(Cc3ccccc3)CCO2)[nH]1. The van der Waals surface area contributed by atoms with E-state index in [2.05, 4.69) is 39.5 Å². The van der Waals surface area contributed by atoms with Crippen LogP contribution < -0.4 is 10.9 Å². The molecule has 0 saturated carbocycles. The van der Waals surface area contributed by atoms with E-state index in [1.165, 1.54) is 5.56 Å². The van der Waals surface area contributed by atoms with Crippen molar-refractivity contribution in [3.05, 3.63) is 63.8 Å². The third-order valence-electron chi connectivity index (χ3n) is 5.24. The Morgan fingerprint density at radius 3 is 2.81 bits per heavy atom. The molecule has 0 aliphatic carbocycles. The predicted octanol–water partition coefficient (Wildman–Crippen LogP) is 1.81. The van der Waals surface area contributed by atoms with Crippen molar-refractivity contribution < 1.29 is 4.74 Å². The maximum Gasteiger partial charge on any atom is 0.251 e. The van der Waals surface area contributed by atoms with E-state index in [1.54, 1.807) is 6.07 Å². The summed E-state index contributed by atoms with van der Waals surface area (Å²) in [4.78, 5) is 22.2. The van der Waals surface area contributed by atoms with Gasteiger partial charge >= 0.3 is 0 Å². The molecule has 0 radical (unpaired) electrons. The second-order valence-electron chi connectivity index (χ2n) is 7.16. The van der Waals surface area contributed by atoms with Crippen LogP contribution in [0.2, 0.25) is 0 Å². The Bertz CT molecular complexity index is 771. The lowest BCUT2D eigenvalue weighted by atomic mass is 9.94. The molecule has 3 heterocycles. The molecule has 4 rings (SSSR count). The van der Waals surface area contributed by atoms with Crippen LogP contribution in [-0.2, 0) is 11.3 Å². The van der Waals surface area contributed by atoms with Gasteiger partial charge in [-0.2, -0.15) is 0 Å². The molecule has 2 fully saturated rings. The van der Waals surface area contributed by atoms with Crippen molar-refractivity contribution in [2.75, 3.05) is 32.8 Å². The highest BCUT2D eigenvalue weighted by Gasteiger charge is 2.26. The van der Waals surface area contributed by atoms with Crippen molar-refractivity contribution in [2.45, 2.75) is 31.4 Å². The fourth-order valence-corrected chi connectivity index (χ4v) is 3.83. The smallest absolute Gasteiger partial charge is 0.251 e. The number of hydrogen-bond donors (Lipinski definition) is 2. The molecule has 2 aromatic rings. The molecule has 6 nitrogen and oxygen atoms in total. The number of aromatic nitrogens is 2. The van der Waals surface area contributed by atoms with E-state index in [9.17, 15) is 4.79 Å². The van der Waals surface area contributed by atoms with E-state index in [-0.39, 0.29) is 11.7 Å². The zero-order valence-electron chi connectivity index (χ0n) is 15.0. The lowest BCUT2D eigenvalue weighted by Gasteiger charge is -2.32. The number of benzene rings is 1. The van der Waals surface area contributed by atoms with Gasteiger partial charge in [-0.25, -0.2) is 4.98 Å². The highest BCUT2D eigenvalue weighted by atomic mass is 16.5. The van der Waals surface area contributed by atoms with Crippen molar-refractivity contribution >= 4 is 0 Å². The first-order chi connectivity index (χ1) is 12.8. The topological polar surface area (TPSA) is 70.2 Å². The second kappa shape index (κ2) is 8.12. The lowest BCUT2D eigenvalue weighted by Crippen LogP contribution is -2.39. The molecule has 2 N–H and O–H groups in total. The van der Waals surface area contributed by atoms with Gasteiger partial charge in [-0.05, 0) is 31.5 Å². The van der Waals surface area contributed by atoms with Crippen LogP contribution in [0, 0.1) is 0 Å². The average molecular weight is 354 g/mol. The van der Waals surface area contributed by atoms with Gasteiger partial charge in [-0.1, -0.05) is 30.3 Å². The summed E-state index contributed by atoms with van der Waals surface area (Å²) >= 11 is 0. The maximum absolute atomic E-state index is 12.2. The molecular formula is C20H26N4O2. The van der Waals surface area contributed by atoms with Crippen molar-refractivity contribution in [1.29, 1.82) is 0 Å². The molecule has 138 valence electrons.